The minimum atomic E-state index is -1.01. The van der Waals surface area contributed by atoms with Gasteiger partial charge in [-0.3, -0.25) is 14.7 Å². The molecule has 41 heavy (non-hydrogen) atoms. The van der Waals surface area contributed by atoms with Gasteiger partial charge in [-0.05, 0) is 26.2 Å². The van der Waals surface area contributed by atoms with Crippen molar-refractivity contribution in [1.82, 2.24) is 29.7 Å². The van der Waals surface area contributed by atoms with Crippen molar-refractivity contribution in [2.45, 2.75) is 69.5 Å². The number of ether oxygens (including phenoxy) is 3. The van der Waals surface area contributed by atoms with Gasteiger partial charge in [0.1, 0.15) is 24.6 Å². The first-order valence-corrected chi connectivity index (χ1v) is 13.7. The van der Waals surface area contributed by atoms with Gasteiger partial charge in [0.05, 0.1) is 18.9 Å². The second kappa shape index (κ2) is 11.4. The van der Waals surface area contributed by atoms with Crippen LogP contribution in [-0.4, -0.2) is 84.9 Å². The maximum absolute atomic E-state index is 13.4. The number of amides is 3. The number of rotatable bonds is 7. The van der Waals surface area contributed by atoms with Crippen molar-refractivity contribution in [2.75, 3.05) is 18.4 Å². The molecule has 0 spiro atoms. The summed E-state index contributed by atoms with van der Waals surface area (Å²) in [5.41, 5.74) is 1.57. The molecule has 3 aromatic rings. The number of fused-ring (bicyclic) bond motifs is 2. The summed E-state index contributed by atoms with van der Waals surface area (Å²) in [6.07, 6.45) is 1.30. The first-order valence-electron chi connectivity index (χ1n) is 13.7. The third-order valence-electron chi connectivity index (χ3n) is 7.60. The lowest BCUT2D eigenvalue weighted by atomic mass is 10.0. The lowest BCUT2D eigenvalue weighted by molar-refractivity contribution is -0.161. The van der Waals surface area contributed by atoms with Crippen molar-refractivity contribution in [3.05, 3.63) is 48.5 Å². The minimum absolute atomic E-state index is 0.0715. The Morgan fingerprint density at radius 3 is 2.63 bits per heavy atom. The third kappa shape index (κ3) is 5.21. The van der Waals surface area contributed by atoms with Gasteiger partial charge < -0.3 is 29.5 Å². The second-order valence-corrected chi connectivity index (χ2v) is 10.2. The molecule has 6 atom stereocenters. The number of benzene rings is 1. The fraction of sp³-hybridized carbons (Fsp3) is 0.481. The molecular formula is C27H31N7O7. The quantitative estimate of drug-likeness (QED) is 0.386. The summed E-state index contributed by atoms with van der Waals surface area (Å²) in [6, 6.07) is 8.18. The lowest BCUT2D eigenvalue weighted by Gasteiger charge is -2.34. The number of likely N-dealkylation sites (tertiary alicyclic amines) is 1. The van der Waals surface area contributed by atoms with Gasteiger partial charge in [-0.15, -0.1) is 0 Å². The molecule has 3 fully saturated rings. The fourth-order valence-electron chi connectivity index (χ4n) is 5.71. The van der Waals surface area contributed by atoms with Gasteiger partial charge in [-0.1, -0.05) is 30.3 Å². The van der Waals surface area contributed by atoms with Crippen LogP contribution in [0.1, 0.15) is 50.7 Å². The Morgan fingerprint density at radius 2 is 1.85 bits per heavy atom. The molecule has 3 N–H and O–H groups in total. The highest BCUT2D eigenvalue weighted by Crippen LogP contribution is 2.46. The molecule has 3 saturated heterocycles. The van der Waals surface area contributed by atoms with Crippen molar-refractivity contribution in [2.24, 2.45) is 0 Å². The summed E-state index contributed by atoms with van der Waals surface area (Å²) < 4.78 is 20.8. The topological polar surface area (TPSA) is 170 Å². The molecule has 0 saturated carbocycles. The predicted molar refractivity (Wildman–Crippen MR) is 142 cm³/mol. The number of nitrogens with one attached hydrogen (secondary N) is 2. The number of carbonyl (C=O) groups excluding carboxylic acids is 2. The van der Waals surface area contributed by atoms with Gasteiger partial charge in [-0.2, -0.15) is 0 Å². The zero-order valence-electron chi connectivity index (χ0n) is 22.4. The first kappa shape index (κ1) is 27.1. The first-order chi connectivity index (χ1) is 19.9. The second-order valence-electron chi connectivity index (χ2n) is 10.2. The van der Waals surface area contributed by atoms with E-state index in [0.29, 0.717) is 30.7 Å². The van der Waals surface area contributed by atoms with E-state index < -0.39 is 48.9 Å². The number of urea groups is 1. The van der Waals surface area contributed by atoms with Crippen LogP contribution >= 0.6 is 0 Å². The van der Waals surface area contributed by atoms with Gasteiger partial charge >= 0.3 is 12.0 Å². The van der Waals surface area contributed by atoms with Crippen molar-refractivity contribution in [3.8, 4) is 0 Å². The molecule has 4 unspecified atom stereocenters. The molecule has 6 rings (SSSR count). The third-order valence-corrected chi connectivity index (χ3v) is 7.60. The van der Waals surface area contributed by atoms with E-state index in [0.717, 1.165) is 18.4 Å². The summed E-state index contributed by atoms with van der Waals surface area (Å²) in [5, 5.41) is 15.0. The molecular weight excluding hydrogens is 534 g/mol. The van der Waals surface area contributed by atoms with Crippen molar-refractivity contribution < 1.29 is 33.7 Å². The van der Waals surface area contributed by atoms with Crippen LogP contribution in [0.2, 0.25) is 0 Å². The van der Waals surface area contributed by atoms with E-state index in [1.807, 2.05) is 30.3 Å². The number of carbonyl (C=O) groups is 3. The molecule has 5 heterocycles. The molecule has 1 aromatic carbocycles. The molecule has 14 nitrogen and oxygen atoms in total. The maximum Gasteiger partial charge on any atom is 0.326 e. The Bertz CT molecular complexity index is 1430. The molecule has 3 amide bonds. The molecule has 3 aliphatic rings. The normalized spacial score (nSPS) is 27.5. The molecule has 2 aromatic heterocycles. The Balaban J connectivity index is 1.29. The molecule has 0 radical (unpaired) electrons. The van der Waals surface area contributed by atoms with E-state index in [1.54, 1.807) is 11.5 Å². The number of imidazole rings is 1. The smallest absolute Gasteiger partial charge is 0.326 e. The van der Waals surface area contributed by atoms with Crippen LogP contribution in [0.3, 0.4) is 0 Å². The Kier molecular flexibility index (Phi) is 7.51. The average molecular weight is 566 g/mol. The molecule has 0 bridgehead atoms. The standard InChI is InChI=1S/C27H31N7O7/c1-2-28-27(38)32-22-19-23(30-13-29-22)34(14-31-19)24-21-20(40-26(41-21)15-8-4-3-5-9-15)17(39-24)12-18(35)33-11-7-6-10-16(33)25(36)37/h3-5,8-9,13-14,16-17,20-21,24,26H,2,6-7,10-12H2,1H3,(H,36,37)(H2,28,29,30,32,38)/t16-,17?,20?,21?,24?,26-/m0/s1. The number of anilines is 1. The minimum Gasteiger partial charge on any atom is -0.480 e. The Morgan fingerprint density at radius 1 is 1.05 bits per heavy atom. The number of hydrogen-bond donors (Lipinski definition) is 3. The zero-order chi connectivity index (χ0) is 28.5. The lowest BCUT2D eigenvalue weighted by Crippen LogP contribution is -2.49. The number of nitrogens with zero attached hydrogens (tertiary/aromatic N) is 5. The largest absolute Gasteiger partial charge is 0.480 e. The highest BCUT2D eigenvalue weighted by atomic mass is 16.8. The number of aliphatic carboxylic acids is 1. The molecule has 216 valence electrons. The zero-order valence-corrected chi connectivity index (χ0v) is 22.4. The van der Waals surface area contributed by atoms with Crippen molar-refractivity contribution in [1.29, 1.82) is 0 Å². The van der Waals surface area contributed by atoms with Crippen LogP contribution in [0, 0.1) is 0 Å². The molecule has 0 aliphatic carbocycles. The highest BCUT2D eigenvalue weighted by Gasteiger charge is 2.55. The SMILES string of the molecule is CCNC(=O)Nc1ncnc2c1ncn2C1OC(CC(=O)N2CCCC[C@H]2C(=O)O)C2O[C@H](c3ccccc3)OC21. The van der Waals surface area contributed by atoms with Gasteiger partial charge in [0, 0.05) is 18.7 Å². The number of carboxylic acids is 1. The highest BCUT2D eigenvalue weighted by molar-refractivity contribution is 5.95. The number of carboxylic acid groups (broad SMARTS) is 1. The van der Waals surface area contributed by atoms with Crippen LogP contribution < -0.4 is 10.6 Å². The summed E-state index contributed by atoms with van der Waals surface area (Å²) in [4.78, 5) is 51.8. The fourth-order valence-corrected chi connectivity index (χ4v) is 5.71. The summed E-state index contributed by atoms with van der Waals surface area (Å²) >= 11 is 0. The number of aromatic nitrogens is 4. The predicted octanol–water partition coefficient (Wildman–Crippen LogP) is 2.20. The average Bonchev–Trinajstić information content (AvgIpc) is 3.69. The van der Waals surface area contributed by atoms with Crippen molar-refractivity contribution >= 4 is 34.9 Å². The van der Waals surface area contributed by atoms with Crippen LogP contribution in [0.4, 0.5) is 10.6 Å². The van der Waals surface area contributed by atoms with Gasteiger partial charge in [0.25, 0.3) is 0 Å². The Labute approximate surface area is 235 Å². The summed E-state index contributed by atoms with van der Waals surface area (Å²) in [7, 11) is 0. The van der Waals surface area contributed by atoms with Crippen LogP contribution in [0.25, 0.3) is 11.2 Å². The monoisotopic (exact) mass is 565 g/mol. The molecule has 14 heteroatoms. The van der Waals surface area contributed by atoms with Crippen molar-refractivity contribution in [3.63, 3.8) is 0 Å². The summed E-state index contributed by atoms with van der Waals surface area (Å²) in [6.45, 7) is 2.63. The van der Waals surface area contributed by atoms with Gasteiger partial charge in [0.2, 0.25) is 5.91 Å². The van der Waals surface area contributed by atoms with E-state index >= 15 is 0 Å². The van der Waals surface area contributed by atoms with E-state index in [9.17, 15) is 19.5 Å². The van der Waals surface area contributed by atoms with E-state index in [1.165, 1.54) is 17.6 Å². The van der Waals surface area contributed by atoms with Crippen LogP contribution in [0.5, 0.6) is 0 Å². The van der Waals surface area contributed by atoms with E-state index in [-0.39, 0.29) is 18.1 Å². The van der Waals surface area contributed by atoms with E-state index in [4.69, 9.17) is 14.2 Å². The van der Waals surface area contributed by atoms with Crippen LogP contribution in [0.15, 0.2) is 43.0 Å². The van der Waals surface area contributed by atoms with Gasteiger partial charge in [0.15, 0.2) is 29.5 Å². The van der Waals surface area contributed by atoms with E-state index in [2.05, 4.69) is 25.6 Å². The molecule has 3 aliphatic heterocycles. The Hall–Kier alpha value is -4.14. The number of hydrogen-bond acceptors (Lipinski definition) is 9. The maximum atomic E-state index is 13.4. The van der Waals surface area contributed by atoms with Crippen LogP contribution in [-0.2, 0) is 23.8 Å². The number of piperidine rings is 1. The van der Waals surface area contributed by atoms with Gasteiger partial charge in [-0.25, -0.2) is 24.5 Å². The summed E-state index contributed by atoms with van der Waals surface area (Å²) in [5.74, 6) is -1.08.